The average Bonchev–Trinajstić information content (AvgIpc) is 2.66. The third kappa shape index (κ3) is 5.16. The zero-order chi connectivity index (χ0) is 10.4. The Morgan fingerprint density at radius 2 is 2.33 bits per heavy atom. The van der Waals surface area contributed by atoms with E-state index >= 15 is 0 Å². The molecule has 0 atom stereocenters. The average molecular weight is 249 g/mol. The molecule has 5 heteroatoms. The number of thiophene rings is 1. The van der Waals surface area contributed by atoms with E-state index in [1.807, 2.05) is 30.9 Å². The summed E-state index contributed by atoms with van der Waals surface area (Å²) in [5.41, 5.74) is 1.11. The molecule has 3 nitrogen and oxygen atoms in total. The molecule has 86 valence electrons. The van der Waals surface area contributed by atoms with Gasteiger partial charge in [0.2, 0.25) is 5.91 Å². The highest BCUT2D eigenvalue weighted by atomic mass is 35.5. The number of rotatable bonds is 5. The number of hydrogen-bond acceptors (Lipinski definition) is 3. The van der Waals surface area contributed by atoms with Crippen molar-refractivity contribution >= 4 is 29.7 Å². The molecule has 1 amide bonds. The molecule has 0 spiro atoms. The summed E-state index contributed by atoms with van der Waals surface area (Å²) in [6.07, 6.45) is 0.518. The molecule has 1 aromatic rings. The van der Waals surface area contributed by atoms with Gasteiger partial charge in [0.25, 0.3) is 0 Å². The van der Waals surface area contributed by atoms with Crippen molar-refractivity contribution in [2.45, 2.75) is 6.42 Å². The van der Waals surface area contributed by atoms with Crippen molar-refractivity contribution in [1.29, 1.82) is 0 Å². The summed E-state index contributed by atoms with van der Waals surface area (Å²) < 4.78 is 0. The van der Waals surface area contributed by atoms with E-state index in [4.69, 9.17) is 0 Å². The lowest BCUT2D eigenvalue weighted by atomic mass is 10.2. The molecule has 1 rings (SSSR count). The third-order valence-electron chi connectivity index (χ3n) is 2.06. The van der Waals surface area contributed by atoms with Crippen LogP contribution in [-0.4, -0.2) is 38.0 Å². The number of hydrogen-bond donors (Lipinski definition) is 1. The second kappa shape index (κ2) is 7.68. The van der Waals surface area contributed by atoms with Gasteiger partial charge in [-0.15, -0.1) is 12.4 Å². The van der Waals surface area contributed by atoms with Crippen LogP contribution in [0, 0.1) is 0 Å². The van der Waals surface area contributed by atoms with Crippen LogP contribution in [0.1, 0.15) is 5.56 Å². The molecule has 0 saturated heterocycles. The molecule has 0 aliphatic carbocycles. The molecule has 0 aromatic carbocycles. The van der Waals surface area contributed by atoms with Crippen molar-refractivity contribution in [3.63, 3.8) is 0 Å². The predicted octanol–water partition coefficient (Wildman–Crippen LogP) is 1.39. The Labute approximate surface area is 101 Å². The molecule has 15 heavy (non-hydrogen) atoms. The number of carbonyl (C=O) groups is 1. The van der Waals surface area contributed by atoms with E-state index < -0.39 is 0 Å². The van der Waals surface area contributed by atoms with Crippen LogP contribution in [0.25, 0.3) is 0 Å². The fourth-order valence-electron chi connectivity index (χ4n) is 1.11. The van der Waals surface area contributed by atoms with Gasteiger partial charge in [-0.05, 0) is 29.4 Å². The number of halogens is 1. The quantitative estimate of drug-likeness (QED) is 0.854. The van der Waals surface area contributed by atoms with Crippen molar-refractivity contribution in [3.05, 3.63) is 22.4 Å². The van der Waals surface area contributed by atoms with Crippen LogP contribution >= 0.6 is 23.7 Å². The first-order valence-corrected chi connectivity index (χ1v) is 5.58. The molecule has 0 fully saturated rings. The van der Waals surface area contributed by atoms with Crippen molar-refractivity contribution < 1.29 is 4.79 Å². The summed E-state index contributed by atoms with van der Waals surface area (Å²) in [5.74, 6) is 0.179. The molecule has 0 unspecified atom stereocenters. The zero-order valence-corrected chi connectivity index (χ0v) is 10.7. The van der Waals surface area contributed by atoms with Crippen LogP contribution in [0.2, 0.25) is 0 Å². The Balaban J connectivity index is 0.00000196. The van der Waals surface area contributed by atoms with Gasteiger partial charge in [-0.2, -0.15) is 11.3 Å². The lowest BCUT2D eigenvalue weighted by Gasteiger charge is -2.16. The van der Waals surface area contributed by atoms with Crippen molar-refractivity contribution in [2.75, 3.05) is 27.2 Å². The van der Waals surface area contributed by atoms with Gasteiger partial charge in [0.15, 0.2) is 0 Å². The summed E-state index contributed by atoms with van der Waals surface area (Å²) >= 11 is 1.63. The van der Waals surface area contributed by atoms with Crippen LogP contribution in [0.3, 0.4) is 0 Å². The summed E-state index contributed by atoms with van der Waals surface area (Å²) in [6, 6.07) is 1.99. The van der Waals surface area contributed by atoms with Crippen molar-refractivity contribution in [1.82, 2.24) is 10.2 Å². The molecule has 0 aliphatic rings. The van der Waals surface area contributed by atoms with E-state index in [0.29, 0.717) is 6.42 Å². The highest BCUT2D eigenvalue weighted by molar-refractivity contribution is 7.07. The number of likely N-dealkylation sites (N-methyl/N-ethyl adjacent to an activating group) is 2. The van der Waals surface area contributed by atoms with Crippen LogP contribution in [-0.2, 0) is 11.2 Å². The third-order valence-corrected chi connectivity index (χ3v) is 2.79. The summed E-state index contributed by atoms with van der Waals surface area (Å²) in [4.78, 5) is 13.4. The molecule has 0 saturated carbocycles. The van der Waals surface area contributed by atoms with Gasteiger partial charge in [-0.3, -0.25) is 4.79 Å². The smallest absolute Gasteiger partial charge is 0.226 e. The Morgan fingerprint density at radius 3 is 2.87 bits per heavy atom. The lowest BCUT2D eigenvalue weighted by Crippen LogP contribution is -2.33. The monoisotopic (exact) mass is 248 g/mol. The molecule has 0 bridgehead atoms. The zero-order valence-electron chi connectivity index (χ0n) is 9.03. The SMILES string of the molecule is CNCCN(C)C(=O)Cc1ccsc1.Cl. The van der Waals surface area contributed by atoms with E-state index in [-0.39, 0.29) is 18.3 Å². The van der Waals surface area contributed by atoms with E-state index in [0.717, 1.165) is 18.7 Å². The summed E-state index contributed by atoms with van der Waals surface area (Å²) in [5, 5.41) is 7.03. The summed E-state index contributed by atoms with van der Waals surface area (Å²) in [6.45, 7) is 1.60. The number of amides is 1. The van der Waals surface area contributed by atoms with E-state index in [1.165, 1.54) is 0 Å². The minimum absolute atomic E-state index is 0. The minimum atomic E-state index is 0. The topological polar surface area (TPSA) is 32.3 Å². The number of nitrogens with zero attached hydrogens (tertiary/aromatic N) is 1. The highest BCUT2D eigenvalue weighted by Gasteiger charge is 2.08. The van der Waals surface area contributed by atoms with Crippen molar-refractivity contribution in [3.8, 4) is 0 Å². The molecule has 0 aliphatic heterocycles. The van der Waals surface area contributed by atoms with Gasteiger partial charge < -0.3 is 10.2 Å². The second-order valence-corrected chi connectivity index (χ2v) is 4.01. The molecule has 1 N–H and O–H groups in total. The number of nitrogens with one attached hydrogen (secondary N) is 1. The predicted molar refractivity (Wildman–Crippen MR) is 66.8 cm³/mol. The van der Waals surface area contributed by atoms with Gasteiger partial charge >= 0.3 is 0 Å². The first kappa shape index (κ1) is 14.4. The largest absolute Gasteiger partial charge is 0.344 e. The van der Waals surface area contributed by atoms with Gasteiger partial charge in [-0.1, -0.05) is 0 Å². The molecular formula is C10H17ClN2OS. The number of carbonyl (C=O) groups excluding carboxylic acids is 1. The Kier molecular flexibility index (Phi) is 7.38. The standard InChI is InChI=1S/C10H16N2OS.ClH/c1-11-4-5-12(2)10(13)7-9-3-6-14-8-9;/h3,6,8,11H,4-5,7H2,1-2H3;1H. The first-order chi connectivity index (χ1) is 6.74. The molecular weight excluding hydrogens is 232 g/mol. The van der Waals surface area contributed by atoms with Crippen molar-refractivity contribution in [2.24, 2.45) is 0 Å². The normalized spacial score (nSPS) is 9.47. The fourth-order valence-corrected chi connectivity index (χ4v) is 1.78. The van der Waals surface area contributed by atoms with Crippen LogP contribution in [0.4, 0.5) is 0 Å². The second-order valence-electron chi connectivity index (χ2n) is 3.23. The van der Waals surface area contributed by atoms with E-state index in [1.54, 1.807) is 16.2 Å². The van der Waals surface area contributed by atoms with Gasteiger partial charge in [-0.25, -0.2) is 0 Å². The Hall–Kier alpha value is -0.580. The Morgan fingerprint density at radius 1 is 1.60 bits per heavy atom. The maximum atomic E-state index is 11.6. The van der Waals surface area contributed by atoms with Gasteiger partial charge in [0.05, 0.1) is 6.42 Å². The molecule has 1 heterocycles. The van der Waals surface area contributed by atoms with Gasteiger partial charge in [0.1, 0.15) is 0 Å². The van der Waals surface area contributed by atoms with Crippen LogP contribution in [0.15, 0.2) is 16.8 Å². The Bertz CT molecular complexity index is 277. The summed E-state index contributed by atoms with van der Waals surface area (Å²) in [7, 11) is 3.73. The lowest BCUT2D eigenvalue weighted by molar-refractivity contribution is -0.129. The van der Waals surface area contributed by atoms with E-state index in [9.17, 15) is 4.79 Å². The first-order valence-electron chi connectivity index (χ1n) is 4.63. The highest BCUT2D eigenvalue weighted by Crippen LogP contribution is 2.07. The molecule has 1 aromatic heterocycles. The minimum Gasteiger partial charge on any atom is -0.344 e. The van der Waals surface area contributed by atoms with Gasteiger partial charge in [0, 0.05) is 20.1 Å². The van der Waals surface area contributed by atoms with Crippen LogP contribution < -0.4 is 5.32 Å². The van der Waals surface area contributed by atoms with E-state index in [2.05, 4.69) is 5.32 Å². The van der Waals surface area contributed by atoms with Crippen LogP contribution in [0.5, 0.6) is 0 Å². The maximum absolute atomic E-state index is 11.6. The fraction of sp³-hybridized carbons (Fsp3) is 0.500. The maximum Gasteiger partial charge on any atom is 0.226 e. The molecule has 0 radical (unpaired) electrons.